The third kappa shape index (κ3) is 2.37. The number of halogens is 2. The molecule has 0 saturated heterocycles. The predicted molar refractivity (Wildman–Crippen MR) is 58.6 cm³/mol. The van der Waals surface area contributed by atoms with Gasteiger partial charge in [-0.25, -0.2) is 9.97 Å². The first-order valence-electron chi connectivity index (χ1n) is 4.16. The highest BCUT2D eigenvalue weighted by atomic mass is 35.5. The van der Waals surface area contributed by atoms with Crippen LogP contribution in [0.25, 0.3) is 0 Å². The number of aromatic nitrogens is 2. The normalized spacial score (nSPS) is 10.0. The van der Waals surface area contributed by atoms with E-state index in [9.17, 15) is 0 Å². The molecule has 0 unspecified atom stereocenters. The van der Waals surface area contributed by atoms with Crippen molar-refractivity contribution in [2.45, 2.75) is 0 Å². The first-order valence-corrected chi connectivity index (χ1v) is 4.92. The summed E-state index contributed by atoms with van der Waals surface area (Å²) in [4.78, 5) is 7.76. The van der Waals surface area contributed by atoms with Gasteiger partial charge in [0.1, 0.15) is 0 Å². The van der Waals surface area contributed by atoms with Gasteiger partial charge in [-0.2, -0.15) is 0 Å². The molecule has 0 aromatic carbocycles. The Morgan fingerprint density at radius 3 is 1.73 bits per heavy atom. The minimum atomic E-state index is 0.289. The maximum atomic E-state index is 5.83. The van der Waals surface area contributed by atoms with Crippen molar-refractivity contribution in [3.05, 3.63) is 47.0 Å². The summed E-state index contributed by atoms with van der Waals surface area (Å²) in [5.74, 6) is 0.906. The van der Waals surface area contributed by atoms with E-state index >= 15 is 0 Å². The summed E-state index contributed by atoms with van der Waals surface area (Å²) in [5, 5.41) is 0.579. The minimum absolute atomic E-state index is 0.289. The molecule has 0 aliphatic rings. The molecule has 3 nitrogen and oxygen atoms in total. The third-order valence-electron chi connectivity index (χ3n) is 1.67. The molecule has 0 saturated carbocycles. The first-order chi connectivity index (χ1) is 7.27. The van der Waals surface area contributed by atoms with Gasteiger partial charge in [0, 0.05) is 12.4 Å². The summed E-state index contributed by atoms with van der Waals surface area (Å²) in [6, 6.07) is 6.87. The first kappa shape index (κ1) is 10.2. The fourth-order valence-corrected chi connectivity index (χ4v) is 1.33. The molecule has 0 spiro atoms. The largest absolute Gasteiger partial charge is 0.451 e. The summed E-state index contributed by atoms with van der Waals surface area (Å²) in [7, 11) is 0. The van der Waals surface area contributed by atoms with Crippen molar-refractivity contribution in [3.8, 4) is 11.5 Å². The van der Waals surface area contributed by atoms with Crippen LogP contribution >= 0.6 is 23.2 Å². The van der Waals surface area contributed by atoms with Gasteiger partial charge in [0.2, 0.25) is 0 Å². The Labute approximate surface area is 96.6 Å². The molecule has 2 aromatic rings. The molecule has 0 N–H and O–H groups in total. The second-order valence-electron chi connectivity index (χ2n) is 2.69. The maximum Gasteiger partial charge on any atom is 0.171 e. The van der Waals surface area contributed by atoms with Crippen molar-refractivity contribution in [2.24, 2.45) is 0 Å². The van der Waals surface area contributed by atoms with Crippen LogP contribution in [0.5, 0.6) is 11.5 Å². The van der Waals surface area contributed by atoms with E-state index in [4.69, 9.17) is 27.9 Å². The van der Waals surface area contributed by atoms with E-state index in [0.717, 1.165) is 0 Å². The summed E-state index contributed by atoms with van der Waals surface area (Å²) < 4.78 is 5.45. The van der Waals surface area contributed by atoms with Crippen molar-refractivity contribution in [1.29, 1.82) is 0 Å². The highest BCUT2D eigenvalue weighted by Crippen LogP contribution is 2.30. The van der Waals surface area contributed by atoms with E-state index in [-0.39, 0.29) is 10.3 Å². The van der Waals surface area contributed by atoms with Crippen LogP contribution in [0.2, 0.25) is 10.3 Å². The number of ether oxygens (including phenoxy) is 1. The van der Waals surface area contributed by atoms with E-state index in [1.165, 1.54) is 0 Å². The fraction of sp³-hybridized carbons (Fsp3) is 0. The van der Waals surface area contributed by atoms with Crippen LogP contribution in [0, 0.1) is 0 Å². The zero-order valence-electron chi connectivity index (χ0n) is 7.52. The van der Waals surface area contributed by atoms with Gasteiger partial charge in [0.15, 0.2) is 21.8 Å². The van der Waals surface area contributed by atoms with Gasteiger partial charge in [-0.3, -0.25) is 0 Å². The molecule has 2 rings (SSSR count). The van der Waals surface area contributed by atoms with Crippen LogP contribution < -0.4 is 4.74 Å². The molecular formula is C10H6Cl2N2O. The molecule has 0 fully saturated rings. The zero-order chi connectivity index (χ0) is 10.7. The molecule has 0 atom stereocenters. The molecule has 5 heteroatoms. The molecule has 76 valence electrons. The number of hydrogen-bond donors (Lipinski definition) is 0. The van der Waals surface area contributed by atoms with Gasteiger partial charge in [-0.1, -0.05) is 23.2 Å². The average Bonchev–Trinajstić information content (AvgIpc) is 2.24. The molecular weight excluding hydrogens is 235 g/mol. The van der Waals surface area contributed by atoms with Crippen molar-refractivity contribution in [2.75, 3.05) is 0 Å². The lowest BCUT2D eigenvalue weighted by atomic mass is 10.4. The Morgan fingerprint density at radius 1 is 0.867 bits per heavy atom. The number of rotatable bonds is 2. The Kier molecular flexibility index (Phi) is 3.04. The zero-order valence-corrected chi connectivity index (χ0v) is 9.03. The summed E-state index contributed by atoms with van der Waals surface area (Å²) in [6.07, 6.45) is 3.17. The second-order valence-corrected chi connectivity index (χ2v) is 3.40. The SMILES string of the molecule is Clc1ncccc1Oc1cccnc1Cl. The van der Waals surface area contributed by atoms with Crippen LogP contribution in [0.3, 0.4) is 0 Å². The highest BCUT2D eigenvalue weighted by Gasteiger charge is 2.06. The standard InChI is InChI=1S/C10H6Cl2N2O/c11-9-7(3-1-5-13-9)15-8-4-2-6-14-10(8)12/h1-6H. The lowest BCUT2D eigenvalue weighted by Crippen LogP contribution is -1.88. The van der Waals surface area contributed by atoms with Crippen molar-refractivity contribution < 1.29 is 4.74 Å². The predicted octanol–water partition coefficient (Wildman–Crippen LogP) is 3.58. The topological polar surface area (TPSA) is 35.0 Å². The van der Waals surface area contributed by atoms with E-state index in [0.29, 0.717) is 11.5 Å². The Bertz CT molecular complexity index is 433. The Morgan fingerprint density at radius 2 is 1.33 bits per heavy atom. The molecule has 2 aromatic heterocycles. The molecule has 15 heavy (non-hydrogen) atoms. The van der Waals surface area contributed by atoms with E-state index in [2.05, 4.69) is 9.97 Å². The van der Waals surface area contributed by atoms with Crippen LogP contribution in [0.15, 0.2) is 36.7 Å². The quantitative estimate of drug-likeness (QED) is 0.753. The van der Waals surface area contributed by atoms with E-state index in [1.54, 1.807) is 36.7 Å². The second kappa shape index (κ2) is 4.47. The van der Waals surface area contributed by atoms with Gasteiger partial charge in [0.05, 0.1) is 0 Å². The monoisotopic (exact) mass is 240 g/mol. The number of pyridine rings is 2. The minimum Gasteiger partial charge on any atom is -0.451 e. The van der Waals surface area contributed by atoms with Crippen LogP contribution in [-0.2, 0) is 0 Å². The molecule has 2 heterocycles. The van der Waals surface area contributed by atoms with Gasteiger partial charge in [-0.05, 0) is 24.3 Å². The average molecular weight is 241 g/mol. The Balaban J connectivity index is 2.30. The van der Waals surface area contributed by atoms with Crippen LogP contribution in [0.1, 0.15) is 0 Å². The lowest BCUT2D eigenvalue weighted by Gasteiger charge is -2.06. The number of hydrogen-bond acceptors (Lipinski definition) is 3. The number of nitrogens with zero attached hydrogens (tertiary/aromatic N) is 2. The summed E-state index contributed by atoms with van der Waals surface area (Å²) in [6.45, 7) is 0. The highest BCUT2D eigenvalue weighted by molar-refractivity contribution is 6.31. The van der Waals surface area contributed by atoms with Crippen LogP contribution in [0.4, 0.5) is 0 Å². The molecule has 0 radical (unpaired) electrons. The summed E-state index contributed by atoms with van der Waals surface area (Å²) >= 11 is 11.7. The van der Waals surface area contributed by atoms with Crippen molar-refractivity contribution >= 4 is 23.2 Å². The van der Waals surface area contributed by atoms with E-state index in [1.807, 2.05) is 0 Å². The third-order valence-corrected chi connectivity index (χ3v) is 2.24. The van der Waals surface area contributed by atoms with Gasteiger partial charge in [0.25, 0.3) is 0 Å². The summed E-state index contributed by atoms with van der Waals surface area (Å²) in [5.41, 5.74) is 0. The van der Waals surface area contributed by atoms with Gasteiger partial charge >= 0.3 is 0 Å². The molecule has 0 aliphatic heterocycles. The van der Waals surface area contributed by atoms with E-state index < -0.39 is 0 Å². The molecule has 0 aliphatic carbocycles. The van der Waals surface area contributed by atoms with Crippen molar-refractivity contribution in [3.63, 3.8) is 0 Å². The lowest BCUT2D eigenvalue weighted by molar-refractivity contribution is 0.478. The van der Waals surface area contributed by atoms with Crippen molar-refractivity contribution in [1.82, 2.24) is 9.97 Å². The molecule has 0 bridgehead atoms. The smallest absolute Gasteiger partial charge is 0.171 e. The Hall–Kier alpha value is -1.32. The van der Waals surface area contributed by atoms with Gasteiger partial charge in [-0.15, -0.1) is 0 Å². The molecule has 0 amide bonds. The van der Waals surface area contributed by atoms with Gasteiger partial charge < -0.3 is 4.74 Å². The van der Waals surface area contributed by atoms with Crippen LogP contribution in [-0.4, -0.2) is 9.97 Å². The maximum absolute atomic E-state index is 5.83. The fourth-order valence-electron chi connectivity index (χ4n) is 1.01.